The molecular weight excluding hydrogens is 913 g/mol. The van der Waals surface area contributed by atoms with Gasteiger partial charge in [0, 0.05) is 68.7 Å². The quantitative estimate of drug-likeness (QED) is 0.113. The van der Waals surface area contributed by atoms with Crippen molar-refractivity contribution >= 4 is 77.4 Å². The van der Waals surface area contributed by atoms with Gasteiger partial charge >= 0.3 is 5.97 Å². The molecular formula is C54H82N4O5S4. The van der Waals surface area contributed by atoms with Crippen molar-refractivity contribution < 1.29 is 24.3 Å². The van der Waals surface area contributed by atoms with E-state index in [0.29, 0.717) is 38.4 Å². The van der Waals surface area contributed by atoms with Crippen LogP contribution in [-0.4, -0.2) is 77.6 Å². The Balaban J connectivity index is 0.00000103. The van der Waals surface area contributed by atoms with Crippen LogP contribution in [0.4, 0.5) is 0 Å². The van der Waals surface area contributed by atoms with Crippen LogP contribution in [0.5, 0.6) is 0 Å². The number of carbonyl (C=O) groups is 4. The molecule has 4 atom stereocenters. The Kier molecular flexibility index (Phi) is 27.9. The molecule has 0 saturated heterocycles. The number of carboxylic acids is 1. The predicted octanol–water partition coefficient (Wildman–Crippen LogP) is 10.3. The van der Waals surface area contributed by atoms with E-state index in [1.54, 1.807) is 0 Å². The summed E-state index contributed by atoms with van der Waals surface area (Å²) >= 11 is 0. The van der Waals surface area contributed by atoms with Crippen molar-refractivity contribution in [3.8, 4) is 0 Å². The van der Waals surface area contributed by atoms with Crippen LogP contribution in [0, 0.1) is 10.8 Å². The van der Waals surface area contributed by atoms with Gasteiger partial charge in [-0.1, -0.05) is 140 Å². The lowest BCUT2D eigenvalue weighted by Crippen LogP contribution is -2.46. The Bertz CT molecular complexity index is 2140. The van der Waals surface area contributed by atoms with Crippen molar-refractivity contribution in [2.24, 2.45) is 16.6 Å². The standard InChI is InChI=1S/C27H36N2O2.C14H20N2O.C13H18O2.4H2S/c1-6-25(30)21-13-12-20-15-23(29(5)18-22(20)14-21)17-28-26(31)16-24(27(2,3)4)19-10-8-7-9-11-19;1-3-14(17)11-5-4-10-7-13(8-15)16(2)9-12(10)6-11;1-13(2,3)11(9-12(14)15)10-7-5-4-6-8-10;;;;/h7-14,23-24H,6,15-18H2,1-5H3,(H,28,31);4-6,13H,3,7-9,15H2,1-2H3;4-8,11H,9H2,1-3H3,(H,14,15);4*1H2/t23-,24+;13-;11-;;;;/m001..../s1. The SMILES string of the molecule is CC(C)(C)[C@H](CC(=O)O)c1ccccc1.CCC(=O)c1ccc2c(c1)CN(C)[C@H](CN)C2.CCC(=O)c1ccc2c(c1)CN(C)[C@H](CNC(=O)C[C@H](c1ccccc1)C(C)(C)C)C2.S.S.S.S. The highest BCUT2D eigenvalue weighted by atomic mass is 32.1. The second-order valence-corrected chi connectivity index (χ2v) is 19.6. The first-order valence-electron chi connectivity index (χ1n) is 22.7. The molecule has 0 bridgehead atoms. The highest BCUT2D eigenvalue weighted by molar-refractivity contribution is 7.59. The summed E-state index contributed by atoms with van der Waals surface area (Å²) in [5.74, 6) is 0.0120. The van der Waals surface area contributed by atoms with E-state index in [2.05, 4.69) is 95.0 Å². The third-order valence-corrected chi connectivity index (χ3v) is 12.8. The molecule has 0 aromatic heterocycles. The Labute approximate surface area is 430 Å². The van der Waals surface area contributed by atoms with E-state index in [4.69, 9.17) is 10.8 Å². The number of ketones is 2. The number of aliphatic carboxylic acids is 1. The van der Waals surface area contributed by atoms with E-state index in [1.165, 1.54) is 27.8 Å². The fourth-order valence-corrected chi connectivity index (χ4v) is 8.69. The second kappa shape index (κ2) is 29.5. The van der Waals surface area contributed by atoms with E-state index in [0.717, 1.165) is 42.6 Å². The minimum atomic E-state index is -0.737. The van der Waals surface area contributed by atoms with E-state index in [1.807, 2.05) is 86.6 Å². The average Bonchev–Trinajstić information content (AvgIpc) is 3.25. The summed E-state index contributed by atoms with van der Waals surface area (Å²) in [4.78, 5) is 51.9. The molecule has 372 valence electrons. The van der Waals surface area contributed by atoms with Gasteiger partial charge < -0.3 is 16.2 Å². The topological polar surface area (TPSA) is 133 Å². The van der Waals surface area contributed by atoms with E-state index < -0.39 is 5.97 Å². The molecule has 6 rings (SSSR count). The van der Waals surface area contributed by atoms with Crippen molar-refractivity contribution in [2.75, 3.05) is 27.2 Å². The number of nitrogens with zero attached hydrogens (tertiary/aromatic N) is 2. The Morgan fingerprint density at radius 2 is 1.00 bits per heavy atom. The van der Waals surface area contributed by atoms with Crippen molar-refractivity contribution in [1.82, 2.24) is 15.1 Å². The number of carboxylic acid groups (broad SMARTS) is 1. The Hall–Kier alpha value is -3.56. The first kappa shape index (κ1) is 63.4. The number of nitrogens with two attached hydrogens (primary N) is 1. The van der Waals surface area contributed by atoms with Gasteiger partial charge in [0.1, 0.15) is 0 Å². The number of Topliss-reactive ketones (excluding diaryl/α,β-unsaturated/α-hetero) is 2. The monoisotopic (exact) mass is 995 g/mol. The van der Waals surface area contributed by atoms with Gasteiger partial charge in [-0.15, -0.1) is 0 Å². The minimum Gasteiger partial charge on any atom is -0.481 e. The molecule has 0 fully saturated rings. The largest absolute Gasteiger partial charge is 0.481 e. The first-order chi connectivity index (χ1) is 29.7. The zero-order valence-corrected chi connectivity index (χ0v) is 45.7. The smallest absolute Gasteiger partial charge is 0.303 e. The molecule has 4 aromatic rings. The fraction of sp³-hybridized carbons (Fsp3) is 0.481. The molecule has 2 aliphatic rings. The molecule has 67 heavy (non-hydrogen) atoms. The van der Waals surface area contributed by atoms with Gasteiger partial charge in [0.15, 0.2) is 11.6 Å². The molecule has 0 saturated carbocycles. The molecule has 2 heterocycles. The average molecular weight is 996 g/mol. The van der Waals surface area contributed by atoms with E-state index in [-0.39, 0.29) is 107 Å². The lowest BCUT2D eigenvalue weighted by molar-refractivity contribution is -0.138. The number of rotatable bonds is 13. The molecule has 13 heteroatoms. The predicted molar refractivity (Wildman–Crippen MR) is 298 cm³/mol. The van der Waals surface area contributed by atoms with Crippen molar-refractivity contribution in [2.45, 2.75) is 131 Å². The number of benzene rings is 4. The number of hydrogen-bond donors (Lipinski definition) is 3. The van der Waals surface area contributed by atoms with Gasteiger partial charge in [-0.05, 0) is 95.1 Å². The first-order valence-corrected chi connectivity index (χ1v) is 22.7. The van der Waals surface area contributed by atoms with Crippen molar-refractivity contribution in [1.29, 1.82) is 0 Å². The zero-order valence-electron chi connectivity index (χ0n) is 41.7. The molecule has 2 aliphatic heterocycles. The van der Waals surface area contributed by atoms with Gasteiger partial charge in [-0.25, -0.2) is 0 Å². The van der Waals surface area contributed by atoms with Crippen LogP contribution >= 0.6 is 54.0 Å². The van der Waals surface area contributed by atoms with Crippen LogP contribution < -0.4 is 11.1 Å². The summed E-state index contributed by atoms with van der Waals surface area (Å²) < 4.78 is 0. The number of hydrogen-bond acceptors (Lipinski definition) is 7. The lowest BCUT2D eigenvalue weighted by Gasteiger charge is -2.35. The number of nitrogens with one attached hydrogen (secondary N) is 1. The van der Waals surface area contributed by atoms with Crippen molar-refractivity contribution in [3.05, 3.63) is 142 Å². The van der Waals surface area contributed by atoms with Gasteiger partial charge in [0.2, 0.25) is 5.91 Å². The molecule has 0 radical (unpaired) electrons. The number of likely N-dealkylation sites (N-methyl/N-ethyl adjacent to an activating group) is 2. The number of fused-ring (bicyclic) bond motifs is 2. The van der Waals surface area contributed by atoms with Crippen LogP contribution in [0.2, 0.25) is 0 Å². The van der Waals surface area contributed by atoms with Gasteiger partial charge in [0.05, 0.1) is 6.42 Å². The summed E-state index contributed by atoms with van der Waals surface area (Å²) in [6, 6.07) is 33.0. The highest BCUT2D eigenvalue weighted by Crippen LogP contribution is 2.38. The Morgan fingerprint density at radius 3 is 1.37 bits per heavy atom. The van der Waals surface area contributed by atoms with Crippen LogP contribution in [0.3, 0.4) is 0 Å². The second-order valence-electron chi connectivity index (χ2n) is 19.6. The van der Waals surface area contributed by atoms with Gasteiger partial charge in [0.25, 0.3) is 0 Å². The van der Waals surface area contributed by atoms with Crippen molar-refractivity contribution in [3.63, 3.8) is 0 Å². The van der Waals surface area contributed by atoms with E-state index >= 15 is 0 Å². The number of amides is 1. The molecule has 0 aliphatic carbocycles. The molecule has 0 unspecified atom stereocenters. The highest BCUT2D eigenvalue weighted by Gasteiger charge is 2.31. The number of carbonyl (C=O) groups excluding carboxylic acids is 3. The van der Waals surface area contributed by atoms with Crippen LogP contribution in [-0.2, 0) is 35.5 Å². The Morgan fingerprint density at radius 1 is 0.612 bits per heavy atom. The summed E-state index contributed by atoms with van der Waals surface area (Å²) in [5.41, 5.74) is 14.8. The summed E-state index contributed by atoms with van der Waals surface area (Å²) in [7, 11) is 4.19. The molecule has 0 spiro atoms. The summed E-state index contributed by atoms with van der Waals surface area (Å²) in [5, 5.41) is 12.1. The maximum Gasteiger partial charge on any atom is 0.303 e. The maximum absolute atomic E-state index is 12.9. The molecule has 1 amide bonds. The summed E-state index contributed by atoms with van der Waals surface area (Å²) in [6.45, 7) is 19.6. The minimum absolute atomic E-state index is 0. The summed E-state index contributed by atoms with van der Waals surface area (Å²) in [6.07, 6.45) is 3.65. The lowest BCUT2D eigenvalue weighted by atomic mass is 9.74. The van der Waals surface area contributed by atoms with Gasteiger partial charge in [-0.2, -0.15) is 54.0 Å². The molecule has 9 nitrogen and oxygen atoms in total. The maximum atomic E-state index is 12.9. The van der Waals surface area contributed by atoms with Gasteiger partial charge in [-0.3, -0.25) is 29.0 Å². The normalized spacial score (nSPS) is 16.3. The molecule has 4 aromatic carbocycles. The van der Waals surface area contributed by atoms with Crippen LogP contribution in [0.25, 0.3) is 0 Å². The zero-order chi connectivity index (χ0) is 46.5. The third kappa shape index (κ3) is 19.0. The van der Waals surface area contributed by atoms with Crippen LogP contribution in [0.1, 0.15) is 147 Å². The molecule has 4 N–H and O–H groups in total. The van der Waals surface area contributed by atoms with E-state index in [9.17, 15) is 19.2 Å². The van der Waals surface area contributed by atoms with Crippen LogP contribution in [0.15, 0.2) is 97.1 Å². The third-order valence-electron chi connectivity index (χ3n) is 12.8. The fourth-order valence-electron chi connectivity index (χ4n) is 8.69.